The summed E-state index contributed by atoms with van der Waals surface area (Å²) in [5, 5.41) is 0. The van der Waals surface area contributed by atoms with Crippen molar-refractivity contribution >= 4 is 39.2 Å². The number of carbonyl (C=O) groups is 1. The predicted molar refractivity (Wildman–Crippen MR) is 95.3 cm³/mol. The van der Waals surface area contributed by atoms with E-state index < -0.39 is 0 Å². The highest BCUT2D eigenvalue weighted by Crippen LogP contribution is 2.30. The van der Waals surface area contributed by atoms with E-state index >= 15 is 0 Å². The Hall–Kier alpha value is -1.15. The normalized spacial score (nSPS) is 20.1. The highest BCUT2D eigenvalue weighted by molar-refractivity contribution is 8.01. The van der Waals surface area contributed by atoms with E-state index in [1.54, 1.807) is 23.1 Å². The number of para-hydroxylation sites is 1. The van der Waals surface area contributed by atoms with Crippen molar-refractivity contribution in [1.29, 1.82) is 0 Å². The smallest absolute Gasteiger partial charge is 0.233 e. The third-order valence-electron chi connectivity index (χ3n) is 4.52. The molecule has 0 N–H and O–H groups in total. The van der Waals surface area contributed by atoms with Crippen LogP contribution in [0.25, 0.3) is 10.2 Å². The number of aromatic nitrogens is 1. The van der Waals surface area contributed by atoms with Gasteiger partial charge in [0, 0.05) is 19.0 Å². The van der Waals surface area contributed by atoms with Gasteiger partial charge in [0.1, 0.15) is 0 Å². The lowest BCUT2D eigenvalue weighted by Gasteiger charge is -2.33. The minimum absolute atomic E-state index is 0.0561. The van der Waals surface area contributed by atoms with E-state index in [0.29, 0.717) is 24.9 Å². The maximum atomic E-state index is 12.4. The molecule has 2 aliphatic heterocycles. The number of thiazole rings is 1. The second-order valence-electron chi connectivity index (χ2n) is 6.06. The van der Waals surface area contributed by atoms with Gasteiger partial charge < -0.3 is 14.4 Å². The maximum Gasteiger partial charge on any atom is 0.233 e. The summed E-state index contributed by atoms with van der Waals surface area (Å²) in [6.45, 7) is 2.99. The van der Waals surface area contributed by atoms with Gasteiger partial charge in [0.15, 0.2) is 10.6 Å². The summed E-state index contributed by atoms with van der Waals surface area (Å²) in [6, 6.07) is 8.08. The molecule has 128 valence electrons. The van der Waals surface area contributed by atoms with Crippen LogP contribution >= 0.6 is 23.1 Å². The van der Waals surface area contributed by atoms with E-state index in [4.69, 9.17) is 9.47 Å². The van der Waals surface area contributed by atoms with Gasteiger partial charge in [-0.05, 0) is 25.0 Å². The number of hydrogen-bond donors (Lipinski definition) is 0. The molecule has 0 spiro atoms. The molecular formula is C17H20N2O3S2. The molecule has 2 fully saturated rings. The zero-order valence-corrected chi connectivity index (χ0v) is 15.0. The molecule has 3 heterocycles. The van der Waals surface area contributed by atoms with E-state index in [9.17, 15) is 4.79 Å². The van der Waals surface area contributed by atoms with Crippen molar-refractivity contribution in [2.24, 2.45) is 5.92 Å². The molecule has 1 aromatic carbocycles. The summed E-state index contributed by atoms with van der Waals surface area (Å²) in [6.07, 6.45) is 1.86. The molecule has 0 bridgehead atoms. The summed E-state index contributed by atoms with van der Waals surface area (Å²) in [5.74, 6) is 1.08. The summed E-state index contributed by atoms with van der Waals surface area (Å²) in [5.41, 5.74) is 1.01. The number of piperidine rings is 1. The number of nitrogens with zero attached hydrogens (tertiary/aromatic N) is 2. The fraction of sp³-hybridized carbons (Fsp3) is 0.529. The topological polar surface area (TPSA) is 51.7 Å². The Bertz CT molecular complexity index is 674. The van der Waals surface area contributed by atoms with Crippen LogP contribution in [-0.2, 0) is 14.3 Å². The fourth-order valence-electron chi connectivity index (χ4n) is 3.20. The first-order valence-corrected chi connectivity index (χ1v) is 10.1. The molecule has 2 aliphatic rings. The summed E-state index contributed by atoms with van der Waals surface area (Å²) >= 11 is 3.19. The van der Waals surface area contributed by atoms with Crippen LogP contribution < -0.4 is 0 Å². The zero-order valence-electron chi connectivity index (χ0n) is 13.3. The second-order valence-corrected chi connectivity index (χ2v) is 8.32. The number of rotatable bonds is 4. The van der Waals surface area contributed by atoms with Crippen molar-refractivity contribution in [3.05, 3.63) is 24.3 Å². The second kappa shape index (κ2) is 7.39. The number of carbonyl (C=O) groups excluding carboxylic acids is 1. The first-order chi connectivity index (χ1) is 11.8. The summed E-state index contributed by atoms with van der Waals surface area (Å²) < 4.78 is 13.3. The molecule has 2 aromatic rings. The summed E-state index contributed by atoms with van der Waals surface area (Å²) in [4.78, 5) is 19.0. The Labute approximate surface area is 149 Å². The summed E-state index contributed by atoms with van der Waals surface area (Å²) in [7, 11) is 0. The van der Waals surface area contributed by atoms with Crippen LogP contribution in [0.1, 0.15) is 12.8 Å². The molecule has 0 atom stereocenters. The molecular weight excluding hydrogens is 344 g/mol. The van der Waals surface area contributed by atoms with E-state index in [2.05, 4.69) is 11.1 Å². The van der Waals surface area contributed by atoms with Crippen LogP contribution in [-0.4, -0.2) is 54.1 Å². The van der Waals surface area contributed by atoms with Crippen LogP contribution in [0.15, 0.2) is 28.6 Å². The van der Waals surface area contributed by atoms with Gasteiger partial charge >= 0.3 is 0 Å². The number of fused-ring (bicyclic) bond motifs is 1. The van der Waals surface area contributed by atoms with Crippen molar-refractivity contribution in [3.63, 3.8) is 0 Å². The van der Waals surface area contributed by atoms with E-state index in [1.165, 1.54) is 4.70 Å². The van der Waals surface area contributed by atoms with Gasteiger partial charge in [-0.3, -0.25) is 4.79 Å². The Kier molecular flexibility index (Phi) is 5.03. The van der Waals surface area contributed by atoms with Gasteiger partial charge in [-0.25, -0.2) is 4.98 Å². The molecule has 1 aromatic heterocycles. The minimum atomic E-state index is -0.0561. The van der Waals surface area contributed by atoms with Gasteiger partial charge in [0.2, 0.25) is 5.91 Å². The molecule has 24 heavy (non-hydrogen) atoms. The molecule has 7 heteroatoms. The van der Waals surface area contributed by atoms with E-state index in [1.807, 2.05) is 23.1 Å². The number of amides is 1. The third-order valence-corrected chi connectivity index (χ3v) is 6.68. The lowest BCUT2D eigenvalue weighted by Crippen LogP contribution is -2.42. The van der Waals surface area contributed by atoms with Crippen LogP contribution in [0.4, 0.5) is 0 Å². The average molecular weight is 364 g/mol. The molecule has 0 unspecified atom stereocenters. The fourth-order valence-corrected chi connectivity index (χ4v) is 5.17. The average Bonchev–Trinajstić information content (AvgIpc) is 3.29. The predicted octanol–water partition coefficient (Wildman–Crippen LogP) is 3.00. The molecule has 1 amide bonds. The Morgan fingerprint density at radius 2 is 2.00 bits per heavy atom. The van der Waals surface area contributed by atoms with Gasteiger partial charge in [-0.15, -0.1) is 11.3 Å². The first kappa shape index (κ1) is 16.3. The third kappa shape index (κ3) is 3.59. The van der Waals surface area contributed by atoms with Gasteiger partial charge in [0.25, 0.3) is 0 Å². The monoisotopic (exact) mass is 364 g/mol. The molecule has 4 rings (SSSR count). The highest BCUT2D eigenvalue weighted by atomic mass is 32.2. The van der Waals surface area contributed by atoms with Crippen molar-refractivity contribution in [3.8, 4) is 0 Å². The minimum Gasteiger partial charge on any atom is -0.350 e. The Balaban J connectivity index is 1.27. The Morgan fingerprint density at radius 3 is 2.75 bits per heavy atom. The van der Waals surface area contributed by atoms with Crippen molar-refractivity contribution in [2.45, 2.75) is 23.5 Å². The van der Waals surface area contributed by atoms with E-state index in [0.717, 1.165) is 35.8 Å². The molecule has 5 nitrogen and oxygen atoms in total. The largest absolute Gasteiger partial charge is 0.350 e. The molecule has 2 saturated heterocycles. The maximum absolute atomic E-state index is 12.4. The van der Waals surface area contributed by atoms with Gasteiger partial charge in [-0.1, -0.05) is 23.9 Å². The van der Waals surface area contributed by atoms with Crippen molar-refractivity contribution in [1.82, 2.24) is 9.88 Å². The quantitative estimate of drug-likeness (QED) is 0.781. The number of hydrogen-bond acceptors (Lipinski definition) is 6. The standard InChI is InChI=1S/C17H20N2O3S2/c20-15(11-23-17-18-13-3-1-2-4-14(13)24-17)19-7-5-12(6-8-19)16-21-9-10-22-16/h1-4,12,16H,5-11H2. The molecule has 0 saturated carbocycles. The highest BCUT2D eigenvalue weighted by Gasteiger charge is 2.31. The number of ether oxygens (including phenoxy) is 2. The van der Waals surface area contributed by atoms with Crippen molar-refractivity contribution in [2.75, 3.05) is 32.1 Å². The lowest BCUT2D eigenvalue weighted by molar-refractivity contribution is -0.134. The Morgan fingerprint density at radius 1 is 1.25 bits per heavy atom. The first-order valence-electron chi connectivity index (χ1n) is 8.29. The number of thioether (sulfide) groups is 1. The molecule has 0 aliphatic carbocycles. The van der Waals surface area contributed by atoms with Crippen LogP contribution in [0, 0.1) is 5.92 Å². The van der Waals surface area contributed by atoms with Crippen LogP contribution in [0.2, 0.25) is 0 Å². The zero-order chi connectivity index (χ0) is 16.4. The van der Waals surface area contributed by atoms with Gasteiger partial charge in [0.05, 0.1) is 29.2 Å². The number of benzene rings is 1. The van der Waals surface area contributed by atoms with Crippen LogP contribution in [0.3, 0.4) is 0 Å². The van der Waals surface area contributed by atoms with Gasteiger partial charge in [-0.2, -0.15) is 0 Å². The molecule has 0 radical (unpaired) electrons. The number of likely N-dealkylation sites (tertiary alicyclic amines) is 1. The van der Waals surface area contributed by atoms with Crippen molar-refractivity contribution < 1.29 is 14.3 Å². The van der Waals surface area contributed by atoms with E-state index in [-0.39, 0.29) is 12.2 Å². The lowest BCUT2D eigenvalue weighted by atomic mass is 9.96. The SMILES string of the molecule is O=C(CSc1nc2ccccc2s1)N1CCC(C2OCCO2)CC1. The van der Waals surface area contributed by atoms with Crippen LogP contribution in [0.5, 0.6) is 0 Å².